The SMILES string of the molecule is CCOP(=O)(OCC)SCc1ccc(-c2nc(=S)c3cc(Br)ccc3[nH]2)cc1. The van der Waals surface area contributed by atoms with Gasteiger partial charge in [0, 0.05) is 21.2 Å². The average molecular weight is 499 g/mol. The lowest BCUT2D eigenvalue weighted by atomic mass is 10.1. The third-order valence-corrected chi connectivity index (χ3v) is 8.57. The summed E-state index contributed by atoms with van der Waals surface area (Å²) in [4.78, 5) is 7.86. The zero-order valence-electron chi connectivity index (χ0n) is 15.5. The molecule has 3 rings (SSSR count). The molecule has 1 N–H and O–H groups in total. The first-order valence-corrected chi connectivity index (χ1v) is 13.1. The Morgan fingerprint density at radius 2 is 1.82 bits per heavy atom. The summed E-state index contributed by atoms with van der Waals surface area (Å²) in [6.45, 7) is 1.21. The van der Waals surface area contributed by atoms with Gasteiger partial charge in [-0.3, -0.25) is 0 Å². The van der Waals surface area contributed by atoms with Gasteiger partial charge in [0.05, 0.1) is 18.7 Å². The van der Waals surface area contributed by atoms with Crippen LogP contribution in [0.15, 0.2) is 46.9 Å². The van der Waals surface area contributed by atoms with Gasteiger partial charge in [0.1, 0.15) is 10.5 Å². The summed E-state index contributed by atoms with van der Waals surface area (Å²) in [6.07, 6.45) is 0. The fourth-order valence-electron chi connectivity index (χ4n) is 2.60. The van der Waals surface area contributed by atoms with Gasteiger partial charge in [-0.25, -0.2) is 9.55 Å². The van der Waals surface area contributed by atoms with Crippen molar-refractivity contribution in [1.82, 2.24) is 9.97 Å². The normalized spacial score (nSPS) is 11.8. The Morgan fingerprint density at radius 3 is 2.46 bits per heavy atom. The summed E-state index contributed by atoms with van der Waals surface area (Å²) in [7, 11) is 0. The van der Waals surface area contributed by atoms with E-state index in [1.807, 2.05) is 42.5 Å². The second kappa shape index (κ2) is 9.65. The Morgan fingerprint density at radius 1 is 1.14 bits per heavy atom. The zero-order chi connectivity index (χ0) is 20.1. The molecule has 148 valence electrons. The standard InChI is InChI=1S/C19H20BrN2O3PS2/c1-3-24-26(23,25-4-2)28-12-13-5-7-14(8-6-13)18-21-17-10-9-15(20)11-16(17)19(27)22-18/h5-11H,3-4,12H2,1-2H3,(H,21,22,27). The zero-order valence-corrected chi connectivity index (χ0v) is 19.6. The predicted molar refractivity (Wildman–Crippen MR) is 122 cm³/mol. The second-order valence-electron chi connectivity index (χ2n) is 5.83. The molecule has 2 aromatic carbocycles. The summed E-state index contributed by atoms with van der Waals surface area (Å²) in [5.74, 6) is 1.25. The van der Waals surface area contributed by atoms with Gasteiger partial charge >= 0.3 is 6.80 Å². The van der Waals surface area contributed by atoms with E-state index in [-0.39, 0.29) is 0 Å². The lowest BCUT2D eigenvalue weighted by Gasteiger charge is -2.15. The van der Waals surface area contributed by atoms with Crippen LogP contribution in [0.3, 0.4) is 0 Å². The molecule has 0 atom stereocenters. The van der Waals surface area contributed by atoms with Crippen molar-refractivity contribution in [2.75, 3.05) is 13.2 Å². The van der Waals surface area contributed by atoms with Crippen molar-refractivity contribution in [3.8, 4) is 11.4 Å². The van der Waals surface area contributed by atoms with E-state index in [9.17, 15) is 4.57 Å². The van der Waals surface area contributed by atoms with Gasteiger partial charge in [0.25, 0.3) is 0 Å². The number of aromatic nitrogens is 2. The summed E-state index contributed by atoms with van der Waals surface area (Å²) in [6, 6.07) is 13.8. The highest BCUT2D eigenvalue weighted by Gasteiger charge is 2.24. The first-order valence-electron chi connectivity index (χ1n) is 8.76. The average Bonchev–Trinajstić information content (AvgIpc) is 2.68. The number of aromatic amines is 1. The Balaban J connectivity index is 1.79. The maximum Gasteiger partial charge on any atom is 0.389 e. The van der Waals surface area contributed by atoms with E-state index in [1.54, 1.807) is 13.8 Å². The van der Waals surface area contributed by atoms with Gasteiger partial charge in [-0.05, 0) is 49.0 Å². The third kappa shape index (κ3) is 5.32. The smallest absolute Gasteiger partial charge is 0.339 e. The Kier molecular flexibility index (Phi) is 7.48. The predicted octanol–water partition coefficient (Wildman–Crippen LogP) is 7.14. The van der Waals surface area contributed by atoms with Crippen molar-refractivity contribution in [1.29, 1.82) is 0 Å². The van der Waals surface area contributed by atoms with Crippen LogP contribution in [0.4, 0.5) is 0 Å². The minimum atomic E-state index is -3.11. The first kappa shape index (κ1) is 21.7. The highest BCUT2D eigenvalue weighted by Crippen LogP contribution is 2.61. The Hall–Kier alpha value is -1.02. The van der Waals surface area contributed by atoms with Crippen LogP contribution in [0.5, 0.6) is 0 Å². The van der Waals surface area contributed by atoms with E-state index in [1.165, 1.54) is 11.4 Å². The Bertz CT molecular complexity index is 1060. The minimum Gasteiger partial charge on any atom is -0.339 e. The quantitative estimate of drug-likeness (QED) is 0.263. The van der Waals surface area contributed by atoms with Crippen molar-refractivity contribution in [3.63, 3.8) is 0 Å². The fourth-order valence-corrected chi connectivity index (χ4v) is 6.58. The molecule has 0 aliphatic heterocycles. The molecule has 3 aromatic rings. The molecule has 0 bridgehead atoms. The third-order valence-electron chi connectivity index (χ3n) is 3.87. The topological polar surface area (TPSA) is 64.2 Å². The number of hydrogen-bond donors (Lipinski definition) is 1. The number of H-pyrrole nitrogens is 1. The van der Waals surface area contributed by atoms with Crippen molar-refractivity contribution in [2.45, 2.75) is 19.6 Å². The lowest BCUT2D eigenvalue weighted by molar-refractivity contribution is 0.237. The maximum atomic E-state index is 12.5. The molecule has 1 heterocycles. The number of hydrogen-bond acceptors (Lipinski definition) is 6. The van der Waals surface area contributed by atoms with Crippen LogP contribution in [0.2, 0.25) is 0 Å². The molecule has 0 saturated heterocycles. The number of rotatable bonds is 8. The fraction of sp³-hybridized carbons (Fsp3) is 0.263. The molecule has 1 aromatic heterocycles. The van der Waals surface area contributed by atoms with Crippen LogP contribution in [0, 0.1) is 4.64 Å². The van der Waals surface area contributed by atoms with E-state index in [0.717, 1.165) is 26.5 Å². The van der Waals surface area contributed by atoms with E-state index in [0.29, 0.717) is 29.4 Å². The van der Waals surface area contributed by atoms with Gasteiger partial charge in [-0.2, -0.15) is 0 Å². The molecule has 0 radical (unpaired) electrons. The van der Waals surface area contributed by atoms with Gasteiger partial charge in [-0.15, -0.1) is 0 Å². The summed E-state index contributed by atoms with van der Waals surface area (Å²) in [5, 5.41) is 0.906. The lowest BCUT2D eigenvalue weighted by Crippen LogP contribution is -1.94. The van der Waals surface area contributed by atoms with Crippen LogP contribution in [0.1, 0.15) is 19.4 Å². The second-order valence-corrected chi connectivity index (χ2v) is 11.2. The highest BCUT2D eigenvalue weighted by molar-refractivity contribution is 9.10. The molecule has 9 heteroatoms. The number of halogens is 1. The van der Waals surface area contributed by atoms with Crippen molar-refractivity contribution >= 4 is 57.2 Å². The van der Waals surface area contributed by atoms with E-state index < -0.39 is 6.80 Å². The van der Waals surface area contributed by atoms with Gasteiger partial charge in [0.15, 0.2) is 0 Å². The van der Waals surface area contributed by atoms with Crippen molar-refractivity contribution in [3.05, 3.63) is 57.1 Å². The summed E-state index contributed by atoms with van der Waals surface area (Å²) < 4.78 is 24.7. The van der Waals surface area contributed by atoms with Gasteiger partial charge in [-0.1, -0.05) is 52.4 Å². The molecule has 0 saturated carbocycles. The molecular formula is C19H20BrN2O3PS2. The molecular weight excluding hydrogens is 479 g/mol. The van der Waals surface area contributed by atoms with E-state index in [2.05, 4.69) is 25.9 Å². The van der Waals surface area contributed by atoms with E-state index in [4.69, 9.17) is 21.3 Å². The molecule has 0 unspecified atom stereocenters. The van der Waals surface area contributed by atoms with Crippen LogP contribution >= 0.6 is 46.3 Å². The largest absolute Gasteiger partial charge is 0.389 e. The van der Waals surface area contributed by atoms with Crippen LogP contribution in [0.25, 0.3) is 22.3 Å². The highest BCUT2D eigenvalue weighted by atomic mass is 79.9. The van der Waals surface area contributed by atoms with Gasteiger partial charge in [0.2, 0.25) is 0 Å². The molecule has 0 aliphatic carbocycles. The van der Waals surface area contributed by atoms with Crippen molar-refractivity contribution < 1.29 is 13.6 Å². The monoisotopic (exact) mass is 498 g/mol. The number of benzene rings is 2. The van der Waals surface area contributed by atoms with Crippen LogP contribution in [-0.4, -0.2) is 23.2 Å². The number of nitrogens with zero attached hydrogens (tertiary/aromatic N) is 1. The number of nitrogens with one attached hydrogen (secondary N) is 1. The first-order chi connectivity index (χ1) is 13.4. The van der Waals surface area contributed by atoms with Gasteiger partial charge < -0.3 is 14.0 Å². The Labute approximate surface area is 181 Å². The van der Waals surface area contributed by atoms with Crippen molar-refractivity contribution in [2.24, 2.45) is 0 Å². The maximum absolute atomic E-state index is 12.5. The molecule has 28 heavy (non-hydrogen) atoms. The molecule has 0 spiro atoms. The molecule has 5 nitrogen and oxygen atoms in total. The molecule has 0 fully saturated rings. The van der Waals surface area contributed by atoms with Crippen LogP contribution < -0.4 is 0 Å². The van der Waals surface area contributed by atoms with Crippen LogP contribution in [-0.2, 0) is 19.4 Å². The summed E-state index contributed by atoms with van der Waals surface area (Å²) in [5.41, 5.74) is 2.89. The van der Waals surface area contributed by atoms with E-state index >= 15 is 0 Å². The minimum absolute atomic E-state index is 0.354. The summed E-state index contributed by atoms with van der Waals surface area (Å²) >= 11 is 10.1. The molecule has 0 aliphatic rings. The molecule has 0 amide bonds. The number of fused-ring (bicyclic) bond motifs is 1.